The summed E-state index contributed by atoms with van der Waals surface area (Å²) in [5.74, 6) is -0.738. The van der Waals surface area contributed by atoms with Gasteiger partial charge in [0.15, 0.2) is 6.61 Å². The van der Waals surface area contributed by atoms with Gasteiger partial charge in [-0.15, -0.1) is 11.8 Å². The number of nitrogens with zero attached hydrogens (tertiary/aromatic N) is 1. The van der Waals surface area contributed by atoms with Crippen molar-refractivity contribution in [2.75, 3.05) is 29.1 Å². The van der Waals surface area contributed by atoms with E-state index in [1.165, 1.54) is 11.8 Å². The van der Waals surface area contributed by atoms with E-state index >= 15 is 0 Å². The molecule has 0 spiro atoms. The first kappa shape index (κ1) is 20.2. The molecule has 1 aliphatic heterocycles. The second kappa shape index (κ2) is 9.61. The molecule has 1 N–H and O–H groups in total. The van der Waals surface area contributed by atoms with Gasteiger partial charge in [0.25, 0.3) is 5.91 Å². The van der Waals surface area contributed by atoms with Gasteiger partial charge in [-0.05, 0) is 48.9 Å². The molecular weight excluding hydrogens is 400 g/mol. The van der Waals surface area contributed by atoms with E-state index in [9.17, 15) is 14.4 Å². The predicted octanol–water partition coefficient (Wildman–Crippen LogP) is 3.74. The van der Waals surface area contributed by atoms with Gasteiger partial charge >= 0.3 is 5.97 Å². The highest BCUT2D eigenvalue weighted by atomic mass is 35.5. The molecule has 2 aromatic rings. The topological polar surface area (TPSA) is 75.7 Å². The van der Waals surface area contributed by atoms with Crippen molar-refractivity contribution in [2.45, 2.75) is 17.7 Å². The van der Waals surface area contributed by atoms with Gasteiger partial charge in [-0.3, -0.25) is 14.4 Å². The van der Waals surface area contributed by atoms with Crippen LogP contribution in [-0.2, 0) is 19.1 Å². The summed E-state index contributed by atoms with van der Waals surface area (Å²) in [5.41, 5.74) is 1.30. The summed E-state index contributed by atoms with van der Waals surface area (Å²) in [6, 6.07) is 14.2. The number of thioether (sulfide) groups is 1. The number of anilines is 2. The Bertz CT molecular complexity index is 873. The number of carbonyl (C=O) groups excluding carboxylic acids is 3. The van der Waals surface area contributed by atoms with Crippen molar-refractivity contribution in [1.82, 2.24) is 0 Å². The molecule has 0 unspecified atom stereocenters. The van der Waals surface area contributed by atoms with Crippen LogP contribution < -0.4 is 10.2 Å². The molecule has 1 aliphatic rings. The first-order chi connectivity index (χ1) is 13.5. The Hall–Kier alpha value is -2.51. The van der Waals surface area contributed by atoms with E-state index in [-0.39, 0.29) is 18.3 Å². The fourth-order valence-electron chi connectivity index (χ4n) is 2.73. The minimum absolute atomic E-state index is 0.0793. The number of halogens is 1. The van der Waals surface area contributed by atoms with Crippen LogP contribution >= 0.6 is 23.4 Å². The zero-order chi connectivity index (χ0) is 19.9. The summed E-state index contributed by atoms with van der Waals surface area (Å²) in [7, 11) is 0. The summed E-state index contributed by atoms with van der Waals surface area (Å²) in [4.78, 5) is 38.3. The Morgan fingerprint density at radius 2 is 1.96 bits per heavy atom. The van der Waals surface area contributed by atoms with Crippen LogP contribution in [0.4, 0.5) is 11.4 Å². The molecule has 2 aromatic carbocycles. The lowest BCUT2D eigenvalue weighted by molar-refractivity contribution is -0.144. The van der Waals surface area contributed by atoms with Crippen LogP contribution in [0.25, 0.3) is 0 Å². The maximum Gasteiger partial charge on any atom is 0.316 e. The lowest BCUT2D eigenvalue weighted by atomic mass is 10.2. The lowest BCUT2D eigenvalue weighted by Gasteiger charge is -2.16. The van der Waals surface area contributed by atoms with Crippen molar-refractivity contribution >= 4 is 52.5 Å². The summed E-state index contributed by atoms with van der Waals surface area (Å²) in [5, 5.41) is 3.31. The van der Waals surface area contributed by atoms with Crippen LogP contribution in [0, 0.1) is 0 Å². The van der Waals surface area contributed by atoms with Crippen LogP contribution in [0.3, 0.4) is 0 Å². The fourth-order valence-corrected chi connectivity index (χ4v) is 3.55. The van der Waals surface area contributed by atoms with Gasteiger partial charge in [-0.2, -0.15) is 0 Å². The third-order valence-corrected chi connectivity index (χ3v) is 5.29. The van der Waals surface area contributed by atoms with Crippen LogP contribution in [0.15, 0.2) is 53.4 Å². The second-order valence-electron chi connectivity index (χ2n) is 6.15. The first-order valence-electron chi connectivity index (χ1n) is 8.75. The predicted molar refractivity (Wildman–Crippen MR) is 110 cm³/mol. The molecule has 146 valence electrons. The average molecular weight is 419 g/mol. The Labute approximate surface area is 172 Å². The molecule has 6 nitrogen and oxygen atoms in total. The molecule has 1 heterocycles. The Kier molecular flexibility index (Phi) is 6.95. The van der Waals surface area contributed by atoms with E-state index in [1.807, 2.05) is 18.2 Å². The van der Waals surface area contributed by atoms with Crippen molar-refractivity contribution < 1.29 is 19.1 Å². The van der Waals surface area contributed by atoms with Gasteiger partial charge in [0, 0.05) is 34.3 Å². The third-order valence-electron chi connectivity index (χ3n) is 4.05. The van der Waals surface area contributed by atoms with Crippen LogP contribution in [0.5, 0.6) is 0 Å². The monoisotopic (exact) mass is 418 g/mol. The van der Waals surface area contributed by atoms with Crippen LogP contribution in [0.2, 0.25) is 5.02 Å². The van der Waals surface area contributed by atoms with Crippen LogP contribution in [0.1, 0.15) is 12.8 Å². The number of ether oxygens (including phenoxy) is 1. The second-order valence-corrected chi connectivity index (χ2v) is 7.64. The summed E-state index contributed by atoms with van der Waals surface area (Å²) < 4.78 is 5.01. The zero-order valence-corrected chi connectivity index (χ0v) is 16.6. The molecule has 2 amide bonds. The maximum atomic E-state index is 12.0. The number of nitrogens with one attached hydrogen (secondary N) is 1. The highest BCUT2D eigenvalue weighted by Gasteiger charge is 2.21. The van der Waals surface area contributed by atoms with Gasteiger partial charge in [-0.25, -0.2) is 0 Å². The SMILES string of the molecule is O=C(COC(=O)CSc1ccc(Cl)cc1)Nc1cccc(N2CCCC2=O)c1. The molecular formula is C20H19ClN2O4S. The highest BCUT2D eigenvalue weighted by Crippen LogP contribution is 2.24. The van der Waals surface area contributed by atoms with Crippen molar-refractivity contribution in [3.63, 3.8) is 0 Å². The summed E-state index contributed by atoms with van der Waals surface area (Å²) >= 11 is 7.12. The van der Waals surface area contributed by atoms with E-state index < -0.39 is 11.9 Å². The largest absolute Gasteiger partial charge is 0.455 e. The van der Waals surface area contributed by atoms with Crippen molar-refractivity contribution in [3.8, 4) is 0 Å². The van der Waals surface area contributed by atoms with Crippen molar-refractivity contribution in [3.05, 3.63) is 53.6 Å². The molecule has 1 fully saturated rings. The van der Waals surface area contributed by atoms with E-state index in [0.717, 1.165) is 17.0 Å². The minimum Gasteiger partial charge on any atom is -0.455 e. The molecule has 0 atom stereocenters. The number of esters is 1. The molecule has 1 saturated heterocycles. The number of rotatable bonds is 7. The molecule has 0 bridgehead atoms. The lowest BCUT2D eigenvalue weighted by Crippen LogP contribution is -2.24. The summed E-state index contributed by atoms with van der Waals surface area (Å²) in [6.45, 7) is 0.312. The molecule has 0 aromatic heterocycles. The highest BCUT2D eigenvalue weighted by molar-refractivity contribution is 8.00. The Balaban J connectivity index is 1.44. The number of hydrogen-bond acceptors (Lipinski definition) is 5. The Morgan fingerprint density at radius 1 is 1.18 bits per heavy atom. The molecule has 8 heteroatoms. The number of hydrogen-bond donors (Lipinski definition) is 1. The number of carbonyl (C=O) groups is 3. The molecule has 0 saturated carbocycles. The Morgan fingerprint density at radius 3 is 2.68 bits per heavy atom. The third kappa shape index (κ3) is 5.74. The van der Waals surface area contributed by atoms with Gasteiger partial charge in [0.1, 0.15) is 0 Å². The summed E-state index contributed by atoms with van der Waals surface area (Å²) in [6.07, 6.45) is 1.37. The van der Waals surface area contributed by atoms with Crippen molar-refractivity contribution in [1.29, 1.82) is 0 Å². The van der Waals surface area contributed by atoms with E-state index in [4.69, 9.17) is 16.3 Å². The van der Waals surface area contributed by atoms with Crippen molar-refractivity contribution in [2.24, 2.45) is 0 Å². The standard InChI is InChI=1S/C20H19ClN2O4S/c21-14-6-8-17(9-7-14)28-13-20(26)27-12-18(24)22-15-3-1-4-16(11-15)23-10-2-5-19(23)25/h1,3-4,6-9,11H,2,5,10,12-13H2,(H,22,24). The van der Waals surface area contributed by atoms with Crippen LogP contribution in [-0.4, -0.2) is 36.7 Å². The molecule has 0 radical (unpaired) electrons. The molecule has 3 rings (SSSR count). The van der Waals surface area contributed by atoms with Gasteiger partial charge in [0.05, 0.1) is 5.75 Å². The van der Waals surface area contributed by atoms with E-state index in [1.54, 1.807) is 35.2 Å². The van der Waals surface area contributed by atoms with Gasteiger partial charge in [-0.1, -0.05) is 17.7 Å². The average Bonchev–Trinajstić information content (AvgIpc) is 3.12. The molecule has 0 aliphatic carbocycles. The van der Waals surface area contributed by atoms with Gasteiger partial charge in [0.2, 0.25) is 5.91 Å². The maximum absolute atomic E-state index is 12.0. The van der Waals surface area contributed by atoms with E-state index in [2.05, 4.69) is 5.32 Å². The normalized spacial score (nSPS) is 13.5. The first-order valence-corrected chi connectivity index (χ1v) is 10.1. The quantitative estimate of drug-likeness (QED) is 0.547. The minimum atomic E-state index is -0.480. The number of benzene rings is 2. The molecule has 28 heavy (non-hydrogen) atoms. The van der Waals surface area contributed by atoms with Gasteiger partial charge < -0.3 is 15.0 Å². The fraction of sp³-hybridized carbons (Fsp3) is 0.250. The smallest absolute Gasteiger partial charge is 0.316 e. The van der Waals surface area contributed by atoms with E-state index in [0.29, 0.717) is 23.7 Å². The number of amides is 2. The zero-order valence-electron chi connectivity index (χ0n) is 15.0.